The molecule has 0 rings (SSSR count). The molecule has 0 aliphatic heterocycles. The topological polar surface area (TPSA) is 52.5 Å². The van der Waals surface area contributed by atoms with Crippen molar-refractivity contribution in [1.29, 1.82) is 0 Å². The Labute approximate surface area is 55.7 Å². The third-order valence-corrected chi connectivity index (χ3v) is 1.68. The number of aliphatic hydroxyl groups is 1. The average molecular weight is 133 g/mol. The molecule has 0 aliphatic carbocycles. The summed E-state index contributed by atoms with van der Waals surface area (Å²) in [6.45, 7) is 7.01. The second-order valence-corrected chi connectivity index (χ2v) is 3.43. The van der Waals surface area contributed by atoms with Crippen molar-refractivity contribution in [3.05, 3.63) is 0 Å². The molecule has 0 spiro atoms. The summed E-state index contributed by atoms with van der Waals surface area (Å²) in [6.07, 6.45) is 0. The van der Waals surface area contributed by atoms with Crippen molar-refractivity contribution < 1.29 is 10.3 Å². The van der Waals surface area contributed by atoms with E-state index in [4.69, 9.17) is 5.21 Å². The minimum absolute atomic E-state index is 0.359. The van der Waals surface area contributed by atoms with Crippen LogP contribution in [0.2, 0.25) is 0 Å². The van der Waals surface area contributed by atoms with Crippen LogP contribution in [-0.2, 0) is 0 Å². The lowest BCUT2D eigenvalue weighted by atomic mass is 9.85. The van der Waals surface area contributed by atoms with E-state index in [1.54, 1.807) is 0 Å². The van der Waals surface area contributed by atoms with Gasteiger partial charge in [0.05, 0.1) is 0 Å². The van der Waals surface area contributed by atoms with Crippen molar-refractivity contribution >= 4 is 0 Å². The summed E-state index contributed by atoms with van der Waals surface area (Å²) < 4.78 is 0. The summed E-state index contributed by atoms with van der Waals surface area (Å²) in [5.74, 6) is 0. The normalized spacial score (nSPS) is 19.3. The molecule has 3 nitrogen and oxygen atoms in total. The van der Waals surface area contributed by atoms with Gasteiger partial charge in [-0.15, -0.1) is 0 Å². The van der Waals surface area contributed by atoms with Gasteiger partial charge in [-0.1, -0.05) is 20.8 Å². The predicted octanol–water partition coefficient (Wildman–Crippen LogP) is 0.720. The molecule has 0 saturated heterocycles. The highest BCUT2D eigenvalue weighted by molar-refractivity contribution is 4.80. The summed E-state index contributed by atoms with van der Waals surface area (Å²) in [5, 5.41) is 17.7. The summed E-state index contributed by atoms with van der Waals surface area (Å²) >= 11 is 0. The van der Waals surface area contributed by atoms with Crippen molar-refractivity contribution in [3.63, 3.8) is 0 Å². The third kappa shape index (κ3) is 1.93. The number of nitrogens with one attached hydrogen (secondary N) is 1. The number of hydrogen-bond donors (Lipinski definition) is 3. The second-order valence-electron chi connectivity index (χ2n) is 3.43. The van der Waals surface area contributed by atoms with E-state index < -0.39 is 5.72 Å². The van der Waals surface area contributed by atoms with Gasteiger partial charge in [-0.3, -0.25) is 0 Å². The smallest absolute Gasteiger partial charge is 0.139 e. The minimum atomic E-state index is -1.22. The molecule has 0 aromatic rings. The van der Waals surface area contributed by atoms with Crippen LogP contribution in [0.25, 0.3) is 0 Å². The Kier molecular flexibility index (Phi) is 2.22. The van der Waals surface area contributed by atoms with E-state index in [0.717, 1.165) is 0 Å². The molecule has 0 saturated carbocycles. The van der Waals surface area contributed by atoms with Crippen molar-refractivity contribution in [2.24, 2.45) is 5.41 Å². The largest absolute Gasteiger partial charge is 0.374 e. The monoisotopic (exact) mass is 133 g/mol. The highest BCUT2D eigenvalue weighted by atomic mass is 16.5. The van der Waals surface area contributed by atoms with Crippen molar-refractivity contribution in [1.82, 2.24) is 5.48 Å². The van der Waals surface area contributed by atoms with Gasteiger partial charge < -0.3 is 10.3 Å². The summed E-state index contributed by atoms with van der Waals surface area (Å²) in [7, 11) is 0. The van der Waals surface area contributed by atoms with Crippen LogP contribution < -0.4 is 5.48 Å². The molecule has 0 radical (unpaired) electrons. The highest BCUT2D eigenvalue weighted by Crippen LogP contribution is 2.26. The lowest BCUT2D eigenvalue weighted by molar-refractivity contribution is -0.145. The lowest BCUT2D eigenvalue weighted by Gasteiger charge is -2.35. The molecular formula is C6H15NO2. The Morgan fingerprint density at radius 2 is 1.44 bits per heavy atom. The third-order valence-electron chi connectivity index (χ3n) is 1.68. The SMILES string of the molecule is CC(C)(C)C(C)(O)NO. The lowest BCUT2D eigenvalue weighted by Crippen LogP contribution is -2.50. The Morgan fingerprint density at radius 1 is 1.11 bits per heavy atom. The van der Waals surface area contributed by atoms with Crippen molar-refractivity contribution in [3.8, 4) is 0 Å². The van der Waals surface area contributed by atoms with Gasteiger partial charge in [0.25, 0.3) is 0 Å². The van der Waals surface area contributed by atoms with Crippen LogP contribution in [0.15, 0.2) is 0 Å². The highest BCUT2D eigenvalue weighted by Gasteiger charge is 2.34. The molecule has 0 heterocycles. The first-order chi connectivity index (χ1) is 3.81. The van der Waals surface area contributed by atoms with E-state index in [0.29, 0.717) is 0 Å². The zero-order chi connectivity index (χ0) is 7.71. The van der Waals surface area contributed by atoms with E-state index in [9.17, 15) is 5.11 Å². The summed E-state index contributed by atoms with van der Waals surface area (Å²) in [4.78, 5) is 0. The molecule has 0 aromatic carbocycles. The average Bonchev–Trinajstić information content (AvgIpc) is 1.64. The van der Waals surface area contributed by atoms with Gasteiger partial charge in [-0.05, 0) is 6.92 Å². The van der Waals surface area contributed by atoms with Crippen molar-refractivity contribution in [2.75, 3.05) is 0 Å². The van der Waals surface area contributed by atoms with Crippen LogP contribution in [-0.4, -0.2) is 16.0 Å². The Bertz CT molecular complexity index is 93.7. The van der Waals surface area contributed by atoms with Crippen LogP contribution >= 0.6 is 0 Å². The number of rotatable bonds is 1. The molecule has 0 fully saturated rings. The van der Waals surface area contributed by atoms with Crippen LogP contribution in [0.3, 0.4) is 0 Å². The first-order valence-corrected chi connectivity index (χ1v) is 2.95. The van der Waals surface area contributed by atoms with Crippen LogP contribution in [0.5, 0.6) is 0 Å². The molecule has 9 heavy (non-hydrogen) atoms. The molecule has 0 amide bonds. The Balaban J connectivity index is 4.14. The van der Waals surface area contributed by atoms with Crippen LogP contribution in [0.1, 0.15) is 27.7 Å². The van der Waals surface area contributed by atoms with Crippen LogP contribution in [0, 0.1) is 5.41 Å². The predicted molar refractivity (Wildman–Crippen MR) is 35.0 cm³/mol. The van der Waals surface area contributed by atoms with Crippen LogP contribution in [0.4, 0.5) is 0 Å². The fourth-order valence-electron chi connectivity index (χ4n) is 0.168. The van der Waals surface area contributed by atoms with Gasteiger partial charge in [-0.25, -0.2) is 0 Å². The molecule has 1 unspecified atom stereocenters. The number of hydrogen-bond acceptors (Lipinski definition) is 3. The van der Waals surface area contributed by atoms with E-state index in [1.165, 1.54) is 6.92 Å². The van der Waals surface area contributed by atoms with E-state index in [-0.39, 0.29) is 5.41 Å². The zero-order valence-corrected chi connectivity index (χ0v) is 6.39. The molecule has 3 N–H and O–H groups in total. The summed E-state index contributed by atoms with van der Waals surface area (Å²) in [6, 6.07) is 0. The first kappa shape index (κ1) is 8.88. The molecule has 1 atom stereocenters. The Hall–Kier alpha value is -0.120. The van der Waals surface area contributed by atoms with E-state index >= 15 is 0 Å². The van der Waals surface area contributed by atoms with E-state index in [1.807, 2.05) is 26.3 Å². The van der Waals surface area contributed by atoms with Gasteiger partial charge in [0.15, 0.2) is 0 Å². The molecule has 0 aliphatic rings. The Morgan fingerprint density at radius 3 is 1.44 bits per heavy atom. The molecule has 3 heteroatoms. The van der Waals surface area contributed by atoms with E-state index in [2.05, 4.69) is 0 Å². The maximum atomic E-state index is 9.30. The van der Waals surface area contributed by atoms with Gasteiger partial charge in [-0.2, -0.15) is 5.48 Å². The van der Waals surface area contributed by atoms with Gasteiger partial charge in [0.1, 0.15) is 5.72 Å². The zero-order valence-electron chi connectivity index (χ0n) is 6.39. The maximum Gasteiger partial charge on any atom is 0.139 e. The molecule has 56 valence electrons. The van der Waals surface area contributed by atoms with Gasteiger partial charge in [0.2, 0.25) is 0 Å². The fraction of sp³-hybridized carbons (Fsp3) is 1.00. The standard InChI is InChI=1S/C6H15NO2/c1-5(2,3)6(4,8)7-9/h7-9H,1-4H3. The first-order valence-electron chi connectivity index (χ1n) is 2.95. The molecular weight excluding hydrogens is 118 g/mol. The van der Waals surface area contributed by atoms with Crippen molar-refractivity contribution in [2.45, 2.75) is 33.4 Å². The van der Waals surface area contributed by atoms with Gasteiger partial charge >= 0.3 is 0 Å². The quantitative estimate of drug-likeness (QED) is 0.365. The maximum absolute atomic E-state index is 9.30. The minimum Gasteiger partial charge on any atom is -0.374 e. The fourth-order valence-corrected chi connectivity index (χ4v) is 0.168. The van der Waals surface area contributed by atoms with Gasteiger partial charge in [0, 0.05) is 5.41 Å². The molecule has 0 bridgehead atoms. The summed E-state index contributed by atoms with van der Waals surface area (Å²) in [5.41, 5.74) is 0.262. The molecule has 0 aromatic heterocycles. The second kappa shape index (κ2) is 2.25. The number of hydroxylamine groups is 1.